The van der Waals surface area contributed by atoms with E-state index in [1.807, 2.05) is 7.05 Å². The number of unbranched alkanes of at least 4 members (excludes halogenated alkanes) is 8. The Balaban J connectivity index is 3.34. The first-order valence-corrected chi connectivity index (χ1v) is 9.13. The minimum absolute atomic E-state index is 0.0877. The van der Waals surface area contributed by atoms with Crippen LogP contribution in [0.4, 0.5) is 0 Å². The van der Waals surface area contributed by atoms with E-state index in [1.165, 1.54) is 44.9 Å². The second-order valence-corrected chi connectivity index (χ2v) is 6.55. The van der Waals surface area contributed by atoms with Crippen molar-refractivity contribution in [3.8, 4) is 0 Å². The average molecular weight is 315 g/mol. The fourth-order valence-electron chi connectivity index (χ4n) is 2.45. The second-order valence-electron chi connectivity index (χ2n) is 6.55. The van der Waals surface area contributed by atoms with E-state index in [1.54, 1.807) is 5.06 Å². The van der Waals surface area contributed by atoms with Gasteiger partial charge in [0.2, 0.25) is 0 Å². The third-order valence-corrected chi connectivity index (χ3v) is 3.82. The molecule has 0 aromatic rings. The Bertz CT molecular complexity index is 257. The summed E-state index contributed by atoms with van der Waals surface area (Å²) >= 11 is 0. The van der Waals surface area contributed by atoms with E-state index in [0.29, 0.717) is 6.42 Å². The summed E-state index contributed by atoms with van der Waals surface area (Å²) in [6.07, 6.45) is 13.0. The summed E-state index contributed by atoms with van der Waals surface area (Å²) in [5.41, 5.74) is 0. The van der Waals surface area contributed by atoms with Crippen molar-refractivity contribution >= 4 is 5.97 Å². The average Bonchev–Trinajstić information content (AvgIpc) is 2.45. The zero-order chi connectivity index (χ0) is 16.6. The molecule has 0 bridgehead atoms. The van der Waals surface area contributed by atoms with Crippen LogP contribution in [0.15, 0.2) is 0 Å². The van der Waals surface area contributed by atoms with Gasteiger partial charge in [0.25, 0.3) is 0 Å². The predicted molar refractivity (Wildman–Crippen MR) is 93.7 cm³/mol. The number of hydrogen-bond donors (Lipinski definition) is 0. The minimum atomic E-state index is -0.0877. The quantitative estimate of drug-likeness (QED) is 0.334. The molecule has 0 unspecified atom stereocenters. The molecule has 0 spiro atoms. The molecule has 0 saturated carbocycles. The molecule has 0 N–H and O–H groups in total. The van der Waals surface area contributed by atoms with Crippen LogP contribution in [0.3, 0.4) is 0 Å². The first-order chi connectivity index (χ1) is 10.6. The Morgan fingerprint density at radius 2 is 1.32 bits per heavy atom. The molecular weight excluding hydrogens is 276 g/mol. The minimum Gasteiger partial charge on any atom is -0.368 e. The highest BCUT2D eigenvalue weighted by Gasteiger charge is 2.07. The van der Waals surface area contributed by atoms with E-state index in [2.05, 4.69) is 25.9 Å². The van der Waals surface area contributed by atoms with E-state index in [9.17, 15) is 4.79 Å². The number of nitrogens with zero attached hydrogens (tertiary/aromatic N) is 2. The molecule has 0 aliphatic carbocycles. The molecule has 0 aliphatic heterocycles. The van der Waals surface area contributed by atoms with Crippen molar-refractivity contribution in [1.82, 2.24) is 9.96 Å². The van der Waals surface area contributed by atoms with Gasteiger partial charge >= 0.3 is 5.97 Å². The predicted octanol–water partition coefficient (Wildman–Crippen LogP) is 4.25. The topological polar surface area (TPSA) is 32.8 Å². The van der Waals surface area contributed by atoms with Gasteiger partial charge in [-0.05, 0) is 33.5 Å². The first kappa shape index (κ1) is 21.4. The Kier molecular flexibility index (Phi) is 14.9. The molecule has 4 heteroatoms. The van der Waals surface area contributed by atoms with Crippen molar-refractivity contribution in [2.75, 3.05) is 34.2 Å². The normalized spacial score (nSPS) is 11.4. The van der Waals surface area contributed by atoms with Crippen LogP contribution < -0.4 is 0 Å². The molecule has 0 saturated heterocycles. The van der Waals surface area contributed by atoms with Gasteiger partial charge in [0, 0.05) is 20.0 Å². The van der Waals surface area contributed by atoms with Gasteiger partial charge in [0.1, 0.15) is 0 Å². The summed E-state index contributed by atoms with van der Waals surface area (Å²) in [7, 11) is 5.94. The molecule has 0 heterocycles. The highest BCUT2D eigenvalue weighted by Crippen LogP contribution is 2.10. The summed E-state index contributed by atoms with van der Waals surface area (Å²) in [5.74, 6) is -0.0877. The molecule has 0 fully saturated rings. The van der Waals surface area contributed by atoms with Gasteiger partial charge in [-0.1, -0.05) is 58.3 Å². The molecule has 0 aromatic heterocycles. The highest BCUT2D eigenvalue weighted by molar-refractivity contribution is 5.68. The molecule has 22 heavy (non-hydrogen) atoms. The number of carbonyl (C=O) groups excluding carboxylic acids is 1. The summed E-state index contributed by atoms with van der Waals surface area (Å²) < 4.78 is 0. The van der Waals surface area contributed by atoms with Gasteiger partial charge < -0.3 is 9.74 Å². The molecule has 0 aromatic carbocycles. The SMILES string of the molecule is CCCCCCCCCCCC(=O)ON(C)CCCN(C)C. The Labute approximate surface area is 138 Å². The van der Waals surface area contributed by atoms with Crippen LogP contribution in [0.2, 0.25) is 0 Å². The van der Waals surface area contributed by atoms with Crippen molar-refractivity contribution in [3.63, 3.8) is 0 Å². The maximum absolute atomic E-state index is 11.7. The lowest BCUT2D eigenvalue weighted by Crippen LogP contribution is -2.26. The molecule has 132 valence electrons. The van der Waals surface area contributed by atoms with Crippen LogP contribution >= 0.6 is 0 Å². The van der Waals surface area contributed by atoms with Crippen molar-refractivity contribution in [2.45, 2.75) is 77.6 Å². The first-order valence-electron chi connectivity index (χ1n) is 9.13. The van der Waals surface area contributed by atoms with Crippen LogP contribution in [-0.2, 0) is 9.63 Å². The van der Waals surface area contributed by atoms with Crippen LogP contribution in [0.25, 0.3) is 0 Å². The largest absolute Gasteiger partial charge is 0.368 e. The maximum atomic E-state index is 11.7. The zero-order valence-corrected chi connectivity index (χ0v) is 15.4. The number of hydroxylamine groups is 2. The third-order valence-electron chi connectivity index (χ3n) is 3.82. The second kappa shape index (κ2) is 15.3. The molecule has 0 aliphatic rings. The Hall–Kier alpha value is -0.610. The van der Waals surface area contributed by atoms with Crippen molar-refractivity contribution in [1.29, 1.82) is 0 Å². The lowest BCUT2D eigenvalue weighted by atomic mass is 10.1. The molecule has 0 rings (SSSR count). The zero-order valence-electron chi connectivity index (χ0n) is 15.4. The molecule has 0 amide bonds. The summed E-state index contributed by atoms with van der Waals surface area (Å²) in [5, 5.41) is 1.67. The van der Waals surface area contributed by atoms with E-state index >= 15 is 0 Å². The van der Waals surface area contributed by atoms with Gasteiger partial charge in [-0.2, -0.15) is 0 Å². The summed E-state index contributed by atoms with van der Waals surface area (Å²) in [6.45, 7) is 4.06. The third kappa shape index (κ3) is 15.8. The smallest absolute Gasteiger partial charge is 0.325 e. The van der Waals surface area contributed by atoms with E-state index in [4.69, 9.17) is 4.84 Å². The van der Waals surface area contributed by atoms with Gasteiger partial charge in [-0.3, -0.25) is 4.79 Å². The molecule has 0 radical (unpaired) electrons. The molecular formula is C18H38N2O2. The fourth-order valence-corrected chi connectivity index (χ4v) is 2.45. The van der Waals surface area contributed by atoms with E-state index in [0.717, 1.165) is 32.4 Å². The van der Waals surface area contributed by atoms with Gasteiger partial charge in [0.05, 0.1) is 0 Å². The summed E-state index contributed by atoms with van der Waals surface area (Å²) in [4.78, 5) is 19.1. The molecule has 4 nitrogen and oxygen atoms in total. The molecule has 0 atom stereocenters. The van der Waals surface area contributed by atoms with Crippen LogP contribution in [0.5, 0.6) is 0 Å². The number of carbonyl (C=O) groups is 1. The lowest BCUT2D eigenvalue weighted by Gasteiger charge is -2.17. The van der Waals surface area contributed by atoms with Crippen molar-refractivity contribution < 1.29 is 9.63 Å². The number of hydrogen-bond acceptors (Lipinski definition) is 4. The standard InChI is InChI=1S/C18H38N2O2/c1-5-6-7-8-9-10-11-12-13-15-18(21)22-20(4)17-14-16-19(2)3/h5-17H2,1-4H3. The Morgan fingerprint density at radius 1 is 0.773 bits per heavy atom. The van der Waals surface area contributed by atoms with E-state index in [-0.39, 0.29) is 5.97 Å². The number of rotatable bonds is 15. The van der Waals surface area contributed by atoms with Crippen molar-refractivity contribution in [3.05, 3.63) is 0 Å². The summed E-state index contributed by atoms with van der Waals surface area (Å²) in [6, 6.07) is 0. The van der Waals surface area contributed by atoms with Crippen molar-refractivity contribution in [2.24, 2.45) is 0 Å². The lowest BCUT2D eigenvalue weighted by molar-refractivity contribution is -0.184. The van der Waals surface area contributed by atoms with Gasteiger partial charge in [-0.25, -0.2) is 0 Å². The Morgan fingerprint density at radius 3 is 1.86 bits per heavy atom. The van der Waals surface area contributed by atoms with E-state index < -0.39 is 0 Å². The maximum Gasteiger partial charge on any atom is 0.325 e. The highest BCUT2D eigenvalue weighted by atomic mass is 16.7. The monoisotopic (exact) mass is 314 g/mol. The fraction of sp³-hybridized carbons (Fsp3) is 0.944. The van der Waals surface area contributed by atoms with Gasteiger partial charge in [-0.15, -0.1) is 5.06 Å². The van der Waals surface area contributed by atoms with Crippen LogP contribution in [0, 0.1) is 0 Å². The van der Waals surface area contributed by atoms with Gasteiger partial charge in [0.15, 0.2) is 0 Å². The van der Waals surface area contributed by atoms with Crippen LogP contribution in [0.1, 0.15) is 77.6 Å². The van der Waals surface area contributed by atoms with Crippen LogP contribution in [-0.4, -0.2) is 50.2 Å².